The van der Waals surface area contributed by atoms with E-state index in [-0.39, 0.29) is 18.2 Å². The van der Waals surface area contributed by atoms with E-state index in [4.69, 9.17) is 5.11 Å². The number of amides is 1. The normalized spacial score (nSPS) is 17.9. The van der Waals surface area contributed by atoms with Gasteiger partial charge in [-0.1, -0.05) is 18.6 Å². The minimum absolute atomic E-state index is 0.0639. The molecule has 0 radical (unpaired) electrons. The van der Waals surface area contributed by atoms with Crippen molar-refractivity contribution < 1.29 is 14.7 Å². The van der Waals surface area contributed by atoms with Gasteiger partial charge in [-0.15, -0.1) is 0 Å². The van der Waals surface area contributed by atoms with Crippen molar-refractivity contribution in [3.05, 3.63) is 11.6 Å². The van der Waals surface area contributed by atoms with Gasteiger partial charge in [0.15, 0.2) is 0 Å². The van der Waals surface area contributed by atoms with Crippen LogP contribution in [-0.4, -0.2) is 35.0 Å². The molecule has 1 unspecified atom stereocenters. The smallest absolute Gasteiger partial charge is 0.303 e. The molecule has 1 aliphatic rings. The van der Waals surface area contributed by atoms with E-state index >= 15 is 0 Å². The Morgan fingerprint density at radius 1 is 1.50 bits per heavy atom. The summed E-state index contributed by atoms with van der Waals surface area (Å²) in [5.41, 5.74) is 1.32. The summed E-state index contributed by atoms with van der Waals surface area (Å²) in [6.45, 7) is 5.30. The predicted molar refractivity (Wildman–Crippen MR) is 61.0 cm³/mol. The van der Waals surface area contributed by atoms with Crippen LogP contribution in [0.15, 0.2) is 11.6 Å². The first kappa shape index (κ1) is 12.7. The topological polar surface area (TPSA) is 57.6 Å². The highest BCUT2D eigenvalue weighted by molar-refractivity contribution is 5.77. The molecule has 1 N–H and O–H groups in total. The second-order valence-corrected chi connectivity index (χ2v) is 4.55. The van der Waals surface area contributed by atoms with E-state index in [1.54, 1.807) is 11.8 Å². The molecule has 1 aliphatic heterocycles. The first-order valence-electron chi connectivity index (χ1n) is 5.64. The average Bonchev–Trinajstić information content (AvgIpc) is 2.16. The second kappa shape index (κ2) is 5.68. The van der Waals surface area contributed by atoms with Crippen molar-refractivity contribution in [1.82, 2.24) is 4.90 Å². The highest BCUT2D eigenvalue weighted by Gasteiger charge is 2.19. The molecule has 1 atom stereocenters. The standard InChI is InChI=1S/C12H19NO3/c1-9-3-5-13(6-4-9)11(14)7-10(2)8-12(15)16/h3,10H,4-8H2,1-2H3,(H,15,16). The van der Waals surface area contributed by atoms with Gasteiger partial charge in [-0.05, 0) is 19.3 Å². The number of rotatable bonds is 4. The number of carbonyl (C=O) groups is 2. The fourth-order valence-electron chi connectivity index (χ4n) is 1.79. The summed E-state index contributed by atoms with van der Waals surface area (Å²) in [6.07, 6.45) is 3.38. The van der Waals surface area contributed by atoms with Crippen LogP contribution in [0.5, 0.6) is 0 Å². The molecule has 1 rings (SSSR count). The third-order valence-electron chi connectivity index (χ3n) is 2.84. The lowest BCUT2D eigenvalue weighted by molar-refractivity contribution is -0.138. The molecular formula is C12H19NO3. The van der Waals surface area contributed by atoms with Crippen LogP contribution in [0.4, 0.5) is 0 Å². The lowest BCUT2D eigenvalue weighted by atomic mass is 10.0. The van der Waals surface area contributed by atoms with Crippen molar-refractivity contribution >= 4 is 11.9 Å². The van der Waals surface area contributed by atoms with Crippen LogP contribution in [0, 0.1) is 5.92 Å². The number of hydrogen-bond donors (Lipinski definition) is 1. The van der Waals surface area contributed by atoms with Crippen molar-refractivity contribution in [3.63, 3.8) is 0 Å². The zero-order valence-electron chi connectivity index (χ0n) is 9.90. The van der Waals surface area contributed by atoms with Crippen LogP contribution in [0.3, 0.4) is 0 Å². The Morgan fingerprint density at radius 3 is 2.69 bits per heavy atom. The van der Waals surface area contributed by atoms with Crippen LogP contribution in [-0.2, 0) is 9.59 Å². The molecule has 1 amide bonds. The summed E-state index contributed by atoms with van der Waals surface area (Å²) in [4.78, 5) is 24.1. The molecule has 4 heteroatoms. The summed E-state index contributed by atoms with van der Waals surface area (Å²) < 4.78 is 0. The quantitative estimate of drug-likeness (QED) is 0.740. The Hall–Kier alpha value is -1.32. The van der Waals surface area contributed by atoms with Gasteiger partial charge in [-0.2, -0.15) is 0 Å². The maximum absolute atomic E-state index is 11.8. The van der Waals surface area contributed by atoms with E-state index in [1.807, 2.05) is 0 Å². The van der Waals surface area contributed by atoms with Gasteiger partial charge in [-0.25, -0.2) is 0 Å². The Morgan fingerprint density at radius 2 is 2.19 bits per heavy atom. The minimum atomic E-state index is -0.838. The van der Waals surface area contributed by atoms with Crippen LogP contribution in [0.25, 0.3) is 0 Å². The maximum atomic E-state index is 11.8. The van der Waals surface area contributed by atoms with Gasteiger partial charge in [0.1, 0.15) is 0 Å². The van der Waals surface area contributed by atoms with Crippen molar-refractivity contribution in [2.45, 2.75) is 33.1 Å². The van der Waals surface area contributed by atoms with Crippen molar-refractivity contribution in [1.29, 1.82) is 0 Å². The van der Waals surface area contributed by atoms with Crippen LogP contribution < -0.4 is 0 Å². The zero-order valence-corrected chi connectivity index (χ0v) is 9.90. The monoisotopic (exact) mass is 225 g/mol. The van der Waals surface area contributed by atoms with E-state index in [2.05, 4.69) is 13.0 Å². The van der Waals surface area contributed by atoms with Gasteiger partial charge in [0.05, 0.1) is 0 Å². The second-order valence-electron chi connectivity index (χ2n) is 4.55. The number of carboxylic acids is 1. The highest BCUT2D eigenvalue weighted by atomic mass is 16.4. The van der Waals surface area contributed by atoms with E-state index in [1.165, 1.54) is 5.57 Å². The zero-order chi connectivity index (χ0) is 12.1. The Kier molecular flexibility index (Phi) is 4.52. The number of hydrogen-bond acceptors (Lipinski definition) is 2. The van der Waals surface area contributed by atoms with Gasteiger partial charge < -0.3 is 10.0 Å². The van der Waals surface area contributed by atoms with Crippen LogP contribution >= 0.6 is 0 Å². The average molecular weight is 225 g/mol. The summed E-state index contributed by atoms with van der Waals surface area (Å²) in [5.74, 6) is -0.857. The Labute approximate surface area is 95.9 Å². The number of carboxylic acid groups (broad SMARTS) is 1. The lowest BCUT2D eigenvalue weighted by Crippen LogP contribution is -2.35. The molecular weight excluding hydrogens is 206 g/mol. The van der Waals surface area contributed by atoms with Gasteiger partial charge in [0, 0.05) is 25.9 Å². The summed E-state index contributed by atoms with van der Waals surface area (Å²) >= 11 is 0. The first-order chi connectivity index (χ1) is 7.49. The van der Waals surface area contributed by atoms with E-state index in [0.717, 1.165) is 13.0 Å². The van der Waals surface area contributed by atoms with Gasteiger partial charge in [0.25, 0.3) is 0 Å². The van der Waals surface area contributed by atoms with Gasteiger partial charge >= 0.3 is 5.97 Å². The van der Waals surface area contributed by atoms with Crippen LogP contribution in [0.1, 0.15) is 33.1 Å². The molecule has 0 saturated carbocycles. The minimum Gasteiger partial charge on any atom is -0.481 e. The van der Waals surface area contributed by atoms with Gasteiger partial charge in [-0.3, -0.25) is 9.59 Å². The molecule has 90 valence electrons. The summed E-state index contributed by atoms with van der Waals surface area (Å²) in [6, 6.07) is 0. The molecule has 16 heavy (non-hydrogen) atoms. The lowest BCUT2D eigenvalue weighted by Gasteiger charge is -2.26. The van der Waals surface area contributed by atoms with Gasteiger partial charge in [0.2, 0.25) is 5.91 Å². The van der Waals surface area contributed by atoms with Crippen LogP contribution in [0.2, 0.25) is 0 Å². The van der Waals surface area contributed by atoms with E-state index < -0.39 is 5.97 Å². The third kappa shape index (κ3) is 4.04. The van der Waals surface area contributed by atoms with Crippen molar-refractivity contribution in [2.24, 2.45) is 5.92 Å². The third-order valence-corrected chi connectivity index (χ3v) is 2.84. The molecule has 0 fully saturated rings. The molecule has 1 heterocycles. The fraction of sp³-hybridized carbons (Fsp3) is 0.667. The molecule has 0 spiro atoms. The summed E-state index contributed by atoms with van der Waals surface area (Å²) in [5, 5.41) is 8.61. The molecule has 4 nitrogen and oxygen atoms in total. The number of carbonyl (C=O) groups excluding carboxylic acids is 1. The molecule has 0 aliphatic carbocycles. The highest BCUT2D eigenvalue weighted by Crippen LogP contribution is 2.14. The Balaban J connectivity index is 2.38. The molecule has 0 aromatic heterocycles. The summed E-state index contributed by atoms with van der Waals surface area (Å²) in [7, 11) is 0. The molecule has 0 saturated heterocycles. The van der Waals surface area contributed by atoms with Crippen molar-refractivity contribution in [2.75, 3.05) is 13.1 Å². The number of aliphatic carboxylic acids is 1. The SMILES string of the molecule is CC1=CCN(C(=O)CC(C)CC(=O)O)CC1. The van der Waals surface area contributed by atoms with E-state index in [0.29, 0.717) is 13.0 Å². The fourth-order valence-corrected chi connectivity index (χ4v) is 1.79. The molecule has 0 aromatic rings. The predicted octanol–water partition coefficient (Wildman–Crippen LogP) is 1.67. The molecule has 0 bridgehead atoms. The Bertz CT molecular complexity index is 309. The maximum Gasteiger partial charge on any atom is 0.303 e. The van der Waals surface area contributed by atoms with E-state index in [9.17, 15) is 9.59 Å². The first-order valence-corrected chi connectivity index (χ1v) is 5.64. The van der Waals surface area contributed by atoms with Crippen molar-refractivity contribution in [3.8, 4) is 0 Å². The largest absolute Gasteiger partial charge is 0.481 e. The molecule has 0 aromatic carbocycles. The number of nitrogens with zero attached hydrogens (tertiary/aromatic N) is 1.